The number of nitrogens with one attached hydrogen (secondary N) is 1. The van der Waals surface area contributed by atoms with Crippen molar-refractivity contribution >= 4 is 17.6 Å². The fraction of sp³-hybridized carbons (Fsp3) is 0.333. The third kappa shape index (κ3) is 3.73. The fourth-order valence-electron chi connectivity index (χ4n) is 1.29. The summed E-state index contributed by atoms with van der Waals surface area (Å²) in [6.07, 6.45) is 0. The maximum atomic E-state index is 13.3. The Morgan fingerprint density at radius 3 is 2.72 bits per heavy atom. The summed E-state index contributed by atoms with van der Waals surface area (Å²) in [6, 6.07) is 3.82. The zero-order valence-electron chi connectivity index (χ0n) is 10.2. The molecule has 1 aromatic rings. The molecule has 0 aliphatic heterocycles. The van der Waals surface area contributed by atoms with Crippen molar-refractivity contribution in [3.63, 3.8) is 0 Å². The molecule has 0 aliphatic rings. The second-order valence-corrected chi connectivity index (χ2v) is 3.34. The lowest BCUT2D eigenvalue weighted by Gasteiger charge is -2.08. The summed E-state index contributed by atoms with van der Waals surface area (Å²) in [5.41, 5.74) is 0.246. The minimum absolute atomic E-state index is 0.0555. The Bertz CT molecular complexity index is 448. The predicted octanol–water partition coefficient (Wildman–Crippen LogP) is 1.59. The molecule has 1 rings (SSSR count). The molecule has 18 heavy (non-hydrogen) atoms. The van der Waals surface area contributed by atoms with E-state index >= 15 is 0 Å². The van der Waals surface area contributed by atoms with Crippen molar-refractivity contribution in [3.8, 4) is 0 Å². The molecule has 0 atom stereocenters. The van der Waals surface area contributed by atoms with Gasteiger partial charge < -0.3 is 14.8 Å². The Balaban J connectivity index is 2.73. The molecule has 0 radical (unpaired) electrons. The Morgan fingerprint density at radius 2 is 2.11 bits per heavy atom. The first-order valence-corrected chi connectivity index (χ1v) is 5.35. The van der Waals surface area contributed by atoms with Crippen LogP contribution in [0, 0.1) is 5.82 Å². The van der Waals surface area contributed by atoms with Gasteiger partial charge in [-0.2, -0.15) is 0 Å². The molecule has 0 aromatic heterocycles. The molecule has 5 nitrogen and oxygen atoms in total. The first-order valence-electron chi connectivity index (χ1n) is 5.35. The second-order valence-electron chi connectivity index (χ2n) is 3.34. The minimum atomic E-state index is -0.771. The van der Waals surface area contributed by atoms with Crippen LogP contribution in [0.4, 0.5) is 10.1 Å². The summed E-state index contributed by atoms with van der Waals surface area (Å²) in [5, 5.41) is 2.73. The van der Waals surface area contributed by atoms with Gasteiger partial charge in [-0.25, -0.2) is 9.18 Å². The highest BCUT2D eigenvalue weighted by molar-refractivity contribution is 5.91. The number of hydrogen-bond donors (Lipinski definition) is 1. The highest BCUT2D eigenvalue weighted by Gasteiger charge is 2.13. The van der Waals surface area contributed by atoms with Crippen LogP contribution in [0.5, 0.6) is 0 Å². The van der Waals surface area contributed by atoms with Gasteiger partial charge in [-0.1, -0.05) is 0 Å². The van der Waals surface area contributed by atoms with E-state index in [1.807, 2.05) is 0 Å². The molecule has 0 aliphatic carbocycles. The summed E-state index contributed by atoms with van der Waals surface area (Å²) < 4.78 is 22.5. The Hall–Kier alpha value is -2.11. The lowest BCUT2D eigenvalue weighted by Crippen LogP contribution is -2.17. The van der Waals surface area contributed by atoms with Crippen molar-refractivity contribution in [3.05, 3.63) is 29.6 Å². The average Bonchev–Trinajstić information content (AvgIpc) is 2.37. The Labute approximate surface area is 104 Å². The van der Waals surface area contributed by atoms with E-state index in [9.17, 15) is 14.0 Å². The van der Waals surface area contributed by atoms with E-state index in [1.165, 1.54) is 19.2 Å². The Morgan fingerprint density at radius 1 is 1.39 bits per heavy atom. The van der Waals surface area contributed by atoms with Gasteiger partial charge in [0.2, 0.25) is 0 Å². The van der Waals surface area contributed by atoms with Crippen molar-refractivity contribution in [1.82, 2.24) is 0 Å². The van der Waals surface area contributed by atoms with Gasteiger partial charge in [0.25, 0.3) is 0 Å². The lowest BCUT2D eigenvalue weighted by molar-refractivity contribution is -0.140. The van der Waals surface area contributed by atoms with E-state index in [4.69, 9.17) is 4.74 Å². The van der Waals surface area contributed by atoms with E-state index < -0.39 is 17.8 Å². The fourth-order valence-corrected chi connectivity index (χ4v) is 1.29. The Kier molecular flexibility index (Phi) is 5.10. The zero-order chi connectivity index (χ0) is 13.5. The summed E-state index contributed by atoms with van der Waals surface area (Å²) in [4.78, 5) is 22.4. The van der Waals surface area contributed by atoms with Crippen LogP contribution in [0.2, 0.25) is 0 Å². The summed E-state index contributed by atoms with van der Waals surface area (Å²) in [6.45, 7) is 1.93. The molecule has 0 bridgehead atoms. The number of hydrogen-bond acceptors (Lipinski definition) is 5. The molecule has 0 spiro atoms. The van der Waals surface area contributed by atoms with Gasteiger partial charge in [0.05, 0.1) is 19.3 Å². The first-order chi connectivity index (χ1) is 8.58. The molecule has 0 saturated heterocycles. The monoisotopic (exact) mass is 255 g/mol. The van der Waals surface area contributed by atoms with Crippen molar-refractivity contribution in [1.29, 1.82) is 0 Å². The van der Waals surface area contributed by atoms with Crippen LogP contribution < -0.4 is 5.32 Å². The van der Waals surface area contributed by atoms with Gasteiger partial charge in [-0.05, 0) is 25.1 Å². The number of methoxy groups -OCH3 is 1. The third-order valence-corrected chi connectivity index (χ3v) is 2.11. The van der Waals surface area contributed by atoms with Gasteiger partial charge in [0, 0.05) is 5.69 Å². The summed E-state index contributed by atoms with van der Waals surface area (Å²) in [7, 11) is 1.17. The average molecular weight is 255 g/mol. The first kappa shape index (κ1) is 14.0. The standard InChI is InChI=1S/C12H14FNO4/c1-3-18-11(15)7-14-8-4-5-10(13)9(6-8)12(16)17-2/h4-6,14H,3,7H2,1-2H3. The lowest BCUT2D eigenvalue weighted by atomic mass is 10.2. The van der Waals surface area contributed by atoms with E-state index in [0.717, 1.165) is 6.07 Å². The van der Waals surface area contributed by atoms with Gasteiger partial charge in [-0.3, -0.25) is 4.79 Å². The number of rotatable bonds is 5. The van der Waals surface area contributed by atoms with Crippen molar-refractivity contribution in [2.45, 2.75) is 6.92 Å². The molecule has 1 N–H and O–H groups in total. The number of esters is 2. The number of carbonyl (C=O) groups excluding carboxylic acids is 2. The minimum Gasteiger partial charge on any atom is -0.465 e. The highest BCUT2D eigenvalue weighted by atomic mass is 19.1. The second kappa shape index (κ2) is 6.58. The maximum Gasteiger partial charge on any atom is 0.340 e. The van der Waals surface area contributed by atoms with Crippen LogP contribution in [0.25, 0.3) is 0 Å². The van der Waals surface area contributed by atoms with Crippen LogP contribution in [0.15, 0.2) is 18.2 Å². The summed E-state index contributed by atoms with van der Waals surface area (Å²) >= 11 is 0. The maximum absolute atomic E-state index is 13.3. The van der Waals surface area contributed by atoms with Crippen molar-refractivity contribution < 1.29 is 23.5 Å². The highest BCUT2D eigenvalue weighted by Crippen LogP contribution is 2.15. The molecule has 1 aromatic carbocycles. The molecule has 0 saturated carbocycles. The SMILES string of the molecule is CCOC(=O)CNc1ccc(F)c(C(=O)OC)c1. The number of benzene rings is 1. The van der Waals surface area contributed by atoms with Crippen molar-refractivity contribution in [2.75, 3.05) is 25.6 Å². The van der Waals surface area contributed by atoms with Gasteiger partial charge >= 0.3 is 11.9 Å². The number of anilines is 1. The van der Waals surface area contributed by atoms with Crippen LogP contribution >= 0.6 is 0 Å². The molecule has 0 unspecified atom stereocenters. The largest absolute Gasteiger partial charge is 0.465 e. The molecule has 98 valence electrons. The molecular formula is C12H14FNO4. The molecular weight excluding hydrogens is 241 g/mol. The molecule has 0 fully saturated rings. The molecule has 0 amide bonds. The van der Waals surface area contributed by atoms with E-state index in [0.29, 0.717) is 5.69 Å². The van der Waals surface area contributed by atoms with Crippen LogP contribution in [-0.2, 0) is 14.3 Å². The van der Waals surface area contributed by atoms with Gasteiger partial charge in [-0.15, -0.1) is 0 Å². The summed E-state index contributed by atoms with van der Waals surface area (Å²) in [5.74, 6) is -1.88. The number of ether oxygens (including phenoxy) is 2. The van der Waals surface area contributed by atoms with E-state index in [2.05, 4.69) is 10.1 Å². The van der Waals surface area contributed by atoms with Crippen molar-refractivity contribution in [2.24, 2.45) is 0 Å². The topological polar surface area (TPSA) is 64.6 Å². The van der Waals surface area contributed by atoms with E-state index in [-0.39, 0.29) is 18.7 Å². The predicted molar refractivity (Wildman–Crippen MR) is 62.9 cm³/mol. The smallest absolute Gasteiger partial charge is 0.340 e. The number of halogens is 1. The van der Waals surface area contributed by atoms with Crippen LogP contribution in [-0.4, -0.2) is 32.2 Å². The number of carbonyl (C=O) groups is 2. The van der Waals surface area contributed by atoms with Gasteiger partial charge in [0.1, 0.15) is 12.4 Å². The molecule has 6 heteroatoms. The van der Waals surface area contributed by atoms with Gasteiger partial charge in [0.15, 0.2) is 0 Å². The quantitative estimate of drug-likeness (QED) is 0.809. The van der Waals surface area contributed by atoms with Crippen LogP contribution in [0.1, 0.15) is 17.3 Å². The third-order valence-electron chi connectivity index (χ3n) is 2.11. The van der Waals surface area contributed by atoms with E-state index in [1.54, 1.807) is 6.92 Å². The zero-order valence-corrected chi connectivity index (χ0v) is 10.2. The molecule has 0 heterocycles. The normalized spacial score (nSPS) is 9.72. The van der Waals surface area contributed by atoms with Crippen LogP contribution in [0.3, 0.4) is 0 Å².